The Hall–Kier alpha value is -4.01. The maximum atomic E-state index is 10.8. The van der Waals surface area contributed by atoms with Gasteiger partial charge in [-0.3, -0.25) is 14.7 Å². The van der Waals surface area contributed by atoms with E-state index in [0.29, 0.717) is 17.3 Å². The number of hydrogen-bond acceptors (Lipinski definition) is 7. The molecule has 0 unspecified atom stereocenters. The number of anilines is 3. The van der Waals surface area contributed by atoms with Crippen molar-refractivity contribution in [3.63, 3.8) is 0 Å². The van der Waals surface area contributed by atoms with E-state index >= 15 is 0 Å². The number of para-hydroxylation sites is 2. The highest BCUT2D eigenvalue weighted by Crippen LogP contribution is 2.23. The normalized spacial score (nSPS) is 10.9. The van der Waals surface area contributed by atoms with Gasteiger partial charge in [-0.2, -0.15) is 9.97 Å². The number of nitrogens with one attached hydrogen (secondary N) is 1. The molecule has 0 aliphatic heterocycles. The van der Waals surface area contributed by atoms with Crippen LogP contribution in [0.15, 0.2) is 54.6 Å². The van der Waals surface area contributed by atoms with Gasteiger partial charge in [0.05, 0.1) is 16.0 Å². The number of nitrogens with two attached hydrogens (primary N) is 1. The molecule has 4 rings (SSSR count). The van der Waals surface area contributed by atoms with E-state index in [1.165, 1.54) is 12.1 Å². The van der Waals surface area contributed by atoms with Crippen LogP contribution in [0.4, 0.5) is 23.1 Å². The van der Waals surface area contributed by atoms with E-state index in [1.54, 1.807) is 18.2 Å². The second-order valence-corrected chi connectivity index (χ2v) is 5.89. The first-order chi connectivity index (χ1) is 13.0. The molecule has 0 radical (unpaired) electrons. The Morgan fingerprint density at radius 3 is 2.56 bits per heavy atom. The number of benzene rings is 2. The molecule has 0 amide bonds. The third-order valence-corrected chi connectivity index (χ3v) is 4.02. The fourth-order valence-electron chi connectivity index (χ4n) is 2.85. The van der Waals surface area contributed by atoms with Gasteiger partial charge in [0, 0.05) is 23.9 Å². The number of aromatic nitrogens is 4. The summed E-state index contributed by atoms with van der Waals surface area (Å²) in [5, 5.41) is 13.8. The summed E-state index contributed by atoms with van der Waals surface area (Å²) in [6.45, 7) is 1.89. The molecule has 2 aromatic carbocycles. The number of hydrogen-bond donors (Lipinski definition) is 2. The molecule has 0 saturated carbocycles. The number of fused-ring (bicyclic) bond motifs is 1. The fraction of sp³-hybridized carbons (Fsp3) is 0.0556. The average molecular weight is 361 g/mol. The second kappa shape index (κ2) is 6.37. The van der Waals surface area contributed by atoms with E-state index in [1.807, 2.05) is 35.8 Å². The van der Waals surface area contributed by atoms with Gasteiger partial charge in [-0.05, 0) is 31.2 Å². The lowest BCUT2D eigenvalue weighted by Crippen LogP contribution is -2.07. The standard InChI is InChI=1S/C18H15N7O2/c1-11-20-14-4-2-3-5-15(14)24(11)17-10-16(19)22-18(23-17)21-12-6-8-13(9-7-12)25(26)27/h2-10H,1H3,(H3,19,21,22,23). The van der Waals surface area contributed by atoms with E-state index in [-0.39, 0.29) is 11.6 Å². The van der Waals surface area contributed by atoms with Crippen LogP contribution in [0.3, 0.4) is 0 Å². The van der Waals surface area contributed by atoms with Gasteiger partial charge in [-0.15, -0.1) is 0 Å². The Bertz CT molecular complexity index is 1150. The van der Waals surface area contributed by atoms with E-state index in [4.69, 9.17) is 5.73 Å². The largest absolute Gasteiger partial charge is 0.383 e. The van der Waals surface area contributed by atoms with Crippen molar-refractivity contribution in [1.82, 2.24) is 19.5 Å². The molecule has 0 atom stereocenters. The Labute approximate surface area is 153 Å². The van der Waals surface area contributed by atoms with Crippen molar-refractivity contribution in [2.24, 2.45) is 0 Å². The fourth-order valence-corrected chi connectivity index (χ4v) is 2.85. The van der Waals surface area contributed by atoms with E-state index in [0.717, 1.165) is 16.9 Å². The predicted molar refractivity (Wildman–Crippen MR) is 102 cm³/mol. The molecule has 134 valence electrons. The van der Waals surface area contributed by atoms with Crippen LogP contribution < -0.4 is 11.1 Å². The van der Waals surface area contributed by atoms with Gasteiger partial charge in [0.2, 0.25) is 5.95 Å². The van der Waals surface area contributed by atoms with Crippen molar-refractivity contribution in [1.29, 1.82) is 0 Å². The molecule has 0 aliphatic carbocycles. The third-order valence-electron chi connectivity index (χ3n) is 4.02. The van der Waals surface area contributed by atoms with Gasteiger partial charge in [-0.25, -0.2) is 4.98 Å². The summed E-state index contributed by atoms with van der Waals surface area (Å²) in [7, 11) is 0. The molecular formula is C18H15N7O2. The summed E-state index contributed by atoms with van der Waals surface area (Å²) in [6.07, 6.45) is 0. The van der Waals surface area contributed by atoms with Crippen LogP contribution in [0.2, 0.25) is 0 Å². The first-order valence-electron chi connectivity index (χ1n) is 8.12. The topological polar surface area (TPSA) is 125 Å². The minimum absolute atomic E-state index is 0.00948. The summed E-state index contributed by atoms with van der Waals surface area (Å²) >= 11 is 0. The quantitative estimate of drug-likeness (QED) is 0.422. The molecule has 3 N–H and O–H groups in total. The molecule has 0 aliphatic rings. The number of nitro benzene ring substituents is 1. The Morgan fingerprint density at radius 1 is 1.07 bits per heavy atom. The van der Waals surface area contributed by atoms with Crippen molar-refractivity contribution in [3.05, 3.63) is 70.5 Å². The van der Waals surface area contributed by atoms with Crippen molar-refractivity contribution in [2.45, 2.75) is 6.92 Å². The molecule has 9 heteroatoms. The van der Waals surface area contributed by atoms with Crippen molar-refractivity contribution >= 4 is 34.2 Å². The Kier molecular flexibility index (Phi) is 3.88. The van der Waals surface area contributed by atoms with Crippen molar-refractivity contribution < 1.29 is 4.92 Å². The van der Waals surface area contributed by atoms with Gasteiger partial charge in [0.15, 0.2) is 0 Å². The maximum absolute atomic E-state index is 10.8. The lowest BCUT2D eigenvalue weighted by atomic mass is 10.3. The van der Waals surface area contributed by atoms with Crippen LogP contribution in [-0.4, -0.2) is 24.4 Å². The smallest absolute Gasteiger partial charge is 0.269 e. The number of nitrogens with zero attached hydrogens (tertiary/aromatic N) is 5. The number of nitro groups is 1. The Morgan fingerprint density at radius 2 is 1.81 bits per heavy atom. The first-order valence-corrected chi connectivity index (χ1v) is 8.12. The highest BCUT2D eigenvalue weighted by atomic mass is 16.6. The summed E-state index contributed by atoms with van der Waals surface area (Å²) in [5.74, 6) is 1.94. The average Bonchev–Trinajstić information content (AvgIpc) is 2.97. The van der Waals surface area contributed by atoms with Gasteiger partial charge in [0.25, 0.3) is 5.69 Å². The molecule has 2 heterocycles. The minimum Gasteiger partial charge on any atom is -0.383 e. The van der Waals surface area contributed by atoms with Crippen LogP contribution >= 0.6 is 0 Å². The number of rotatable bonds is 4. The molecule has 2 aromatic heterocycles. The number of aryl methyl sites for hydroxylation is 1. The maximum Gasteiger partial charge on any atom is 0.269 e. The molecule has 4 aromatic rings. The third kappa shape index (κ3) is 3.13. The van der Waals surface area contributed by atoms with Crippen LogP contribution in [-0.2, 0) is 0 Å². The molecule has 0 bridgehead atoms. The molecule has 0 fully saturated rings. The van der Waals surface area contributed by atoms with Crippen LogP contribution in [0.1, 0.15) is 5.82 Å². The molecular weight excluding hydrogens is 346 g/mol. The second-order valence-electron chi connectivity index (χ2n) is 5.89. The first kappa shape index (κ1) is 16.5. The number of imidazole rings is 1. The van der Waals surface area contributed by atoms with E-state index in [2.05, 4.69) is 20.3 Å². The van der Waals surface area contributed by atoms with Gasteiger partial charge < -0.3 is 11.1 Å². The Balaban J connectivity index is 1.73. The van der Waals surface area contributed by atoms with Crippen LogP contribution in [0.5, 0.6) is 0 Å². The highest BCUT2D eigenvalue weighted by Gasteiger charge is 2.12. The molecule has 0 spiro atoms. The van der Waals surface area contributed by atoms with Gasteiger partial charge >= 0.3 is 0 Å². The van der Waals surface area contributed by atoms with Crippen LogP contribution in [0.25, 0.3) is 16.9 Å². The highest BCUT2D eigenvalue weighted by molar-refractivity contribution is 5.78. The number of nitrogen functional groups attached to an aromatic ring is 1. The summed E-state index contributed by atoms with van der Waals surface area (Å²) < 4.78 is 1.90. The lowest BCUT2D eigenvalue weighted by molar-refractivity contribution is -0.384. The monoisotopic (exact) mass is 361 g/mol. The molecule has 0 saturated heterocycles. The van der Waals surface area contributed by atoms with Crippen LogP contribution in [0, 0.1) is 17.0 Å². The molecule has 9 nitrogen and oxygen atoms in total. The summed E-state index contributed by atoms with van der Waals surface area (Å²) in [4.78, 5) is 23.6. The van der Waals surface area contributed by atoms with Crippen molar-refractivity contribution in [2.75, 3.05) is 11.1 Å². The summed E-state index contributed by atoms with van der Waals surface area (Å²) in [5.41, 5.74) is 8.36. The lowest BCUT2D eigenvalue weighted by Gasteiger charge is -2.10. The summed E-state index contributed by atoms with van der Waals surface area (Å²) in [6, 6.07) is 15.4. The SMILES string of the molecule is Cc1nc2ccccc2n1-c1cc(N)nc(Nc2ccc([N+](=O)[O-])cc2)n1. The van der Waals surface area contributed by atoms with Crippen molar-refractivity contribution in [3.8, 4) is 5.82 Å². The van der Waals surface area contributed by atoms with Gasteiger partial charge in [0.1, 0.15) is 17.5 Å². The zero-order valence-electron chi connectivity index (χ0n) is 14.3. The van der Waals surface area contributed by atoms with E-state index < -0.39 is 4.92 Å². The molecule has 27 heavy (non-hydrogen) atoms. The number of non-ortho nitro benzene ring substituents is 1. The predicted octanol–water partition coefficient (Wildman–Crippen LogP) is 3.36. The zero-order valence-corrected chi connectivity index (χ0v) is 14.3. The van der Waals surface area contributed by atoms with E-state index in [9.17, 15) is 10.1 Å². The zero-order chi connectivity index (χ0) is 19.0. The van der Waals surface area contributed by atoms with Gasteiger partial charge in [-0.1, -0.05) is 12.1 Å². The minimum atomic E-state index is -0.453.